The Morgan fingerprint density at radius 3 is 2.70 bits per heavy atom. The minimum absolute atomic E-state index is 0.360. The molecule has 1 heterocycles. The van der Waals surface area contributed by atoms with Gasteiger partial charge in [0.15, 0.2) is 0 Å². The molecule has 1 aromatic carbocycles. The van der Waals surface area contributed by atoms with Crippen LogP contribution in [-0.2, 0) is 13.0 Å². The van der Waals surface area contributed by atoms with Crippen molar-refractivity contribution < 1.29 is 0 Å². The SMILES string of the molecule is CC(C)c1ccc2c(c1)nc(CC#N)n2CCN(C)C. The van der Waals surface area contributed by atoms with Crippen molar-refractivity contribution in [1.29, 1.82) is 5.26 Å². The number of imidazole rings is 1. The molecule has 0 aliphatic carbocycles. The van der Waals surface area contributed by atoms with E-state index in [1.54, 1.807) is 0 Å². The first-order valence-electron chi connectivity index (χ1n) is 7.03. The monoisotopic (exact) mass is 270 g/mol. The zero-order valence-electron chi connectivity index (χ0n) is 12.7. The van der Waals surface area contributed by atoms with Crippen molar-refractivity contribution >= 4 is 11.0 Å². The van der Waals surface area contributed by atoms with Crippen LogP contribution in [0, 0.1) is 11.3 Å². The van der Waals surface area contributed by atoms with Crippen LogP contribution in [0.5, 0.6) is 0 Å². The second kappa shape index (κ2) is 6.06. The van der Waals surface area contributed by atoms with Crippen molar-refractivity contribution in [2.75, 3.05) is 20.6 Å². The molecule has 4 heteroatoms. The van der Waals surface area contributed by atoms with Gasteiger partial charge in [-0.05, 0) is 37.7 Å². The number of aromatic nitrogens is 2. The van der Waals surface area contributed by atoms with E-state index in [0.717, 1.165) is 29.9 Å². The highest BCUT2D eigenvalue weighted by Gasteiger charge is 2.12. The third-order valence-electron chi connectivity index (χ3n) is 3.53. The zero-order valence-corrected chi connectivity index (χ0v) is 12.7. The largest absolute Gasteiger partial charge is 0.326 e. The van der Waals surface area contributed by atoms with E-state index in [-0.39, 0.29) is 0 Å². The molecule has 2 aromatic rings. The summed E-state index contributed by atoms with van der Waals surface area (Å²) in [4.78, 5) is 6.79. The number of hydrogen-bond donors (Lipinski definition) is 0. The molecule has 106 valence electrons. The van der Waals surface area contributed by atoms with Crippen molar-refractivity contribution in [2.24, 2.45) is 0 Å². The molecule has 0 aliphatic heterocycles. The van der Waals surface area contributed by atoms with Gasteiger partial charge in [0.05, 0.1) is 23.5 Å². The van der Waals surface area contributed by atoms with Crippen LogP contribution in [0.2, 0.25) is 0 Å². The second-order valence-corrected chi connectivity index (χ2v) is 5.72. The summed E-state index contributed by atoms with van der Waals surface area (Å²) < 4.78 is 2.17. The van der Waals surface area contributed by atoms with E-state index >= 15 is 0 Å². The van der Waals surface area contributed by atoms with Crippen LogP contribution >= 0.6 is 0 Å². The fourth-order valence-electron chi connectivity index (χ4n) is 2.31. The molecular weight excluding hydrogens is 248 g/mol. The molecule has 0 bridgehead atoms. The van der Waals surface area contributed by atoms with Gasteiger partial charge < -0.3 is 9.47 Å². The zero-order chi connectivity index (χ0) is 14.7. The number of rotatable bonds is 5. The van der Waals surface area contributed by atoms with Crippen LogP contribution in [0.3, 0.4) is 0 Å². The van der Waals surface area contributed by atoms with Crippen LogP contribution in [0.1, 0.15) is 31.2 Å². The van der Waals surface area contributed by atoms with Gasteiger partial charge in [-0.25, -0.2) is 4.98 Å². The summed E-state index contributed by atoms with van der Waals surface area (Å²) in [6.45, 7) is 6.16. The highest BCUT2D eigenvalue weighted by Crippen LogP contribution is 2.22. The summed E-state index contributed by atoms with van der Waals surface area (Å²) in [6.07, 6.45) is 0.360. The number of nitriles is 1. The molecule has 0 saturated carbocycles. The van der Waals surface area contributed by atoms with Gasteiger partial charge in [0.2, 0.25) is 0 Å². The van der Waals surface area contributed by atoms with Gasteiger partial charge >= 0.3 is 0 Å². The standard InChI is InChI=1S/C16H22N4/c1-12(2)13-5-6-15-14(11-13)18-16(7-8-17)20(15)10-9-19(3)4/h5-6,11-12H,7,9-10H2,1-4H3. The Bertz CT molecular complexity index is 632. The summed E-state index contributed by atoms with van der Waals surface area (Å²) in [5.41, 5.74) is 3.42. The Hall–Kier alpha value is -1.86. The molecule has 0 atom stereocenters. The molecule has 0 aliphatic rings. The van der Waals surface area contributed by atoms with Crippen LogP contribution in [0.15, 0.2) is 18.2 Å². The molecule has 0 saturated heterocycles. The summed E-state index contributed by atoms with van der Waals surface area (Å²) in [5.74, 6) is 1.36. The van der Waals surface area contributed by atoms with E-state index in [9.17, 15) is 0 Å². The lowest BCUT2D eigenvalue weighted by Gasteiger charge is -2.12. The van der Waals surface area contributed by atoms with Gasteiger partial charge in [-0.2, -0.15) is 5.26 Å². The fourth-order valence-corrected chi connectivity index (χ4v) is 2.31. The van der Waals surface area contributed by atoms with Gasteiger partial charge in [0, 0.05) is 13.1 Å². The number of likely N-dealkylation sites (N-methyl/N-ethyl adjacent to an activating group) is 1. The maximum atomic E-state index is 8.98. The van der Waals surface area contributed by atoms with Gasteiger partial charge in [-0.15, -0.1) is 0 Å². The normalized spacial score (nSPS) is 11.4. The van der Waals surface area contributed by atoms with Crippen LogP contribution < -0.4 is 0 Å². The Morgan fingerprint density at radius 1 is 1.35 bits per heavy atom. The molecule has 0 unspecified atom stereocenters. The van der Waals surface area contributed by atoms with E-state index in [1.165, 1.54) is 5.56 Å². The first-order chi connectivity index (χ1) is 9.52. The maximum Gasteiger partial charge on any atom is 0.124 e. The Balaban J connectivity index is 2.46. The van der Waals surface area contributed by atoms with E-state index in [4.69, 9.17) is 5.26 Å². The van der Waals surface area contributed by atoms with E-state index in [0.29, 0.717) is 12.3 Å². The highest BCUT2D eigenvalue weighted by atomic mass is 15.1. The number of hydrogen-bond acceptors (Lipinski definition) is 3. The van der Waals surface area contributed by atoms with Gasteiger partial charge in [-0.1, -0.05) is 19.9 Å². The Morgan fingerprint density at radius 2 is 2.10 bits per heavy atom. The van der Waals surface area contributed by atoms with E-state index in [2.05, 4.69) is 66.7 Å². The molecule has 0 fully saturated rings. The van der Waals surface area contributed by atoms with Crippen molar-refractivity contribution in [3.63, 3.8) is 0 Å². The minimum atomic E-state index is 0.360. The Labute approximate surface area is 120 Å². The van der Waals surface area contributed by atoms with Crippen LogP contribution in [-0.4, -0.2) is 35.1 Å². The number of fused-ring (bicyclic) bond motifs is 1. The number of nitrogens with zero attached hydrogens (tertiary/aromatic N) is 4. The van der Waals surface area contributed by atoms with Crippen LogP contribution in [0.4, 0.5) is 0 Å². The molecule has 4 nitrogen and oxygen atoms in total. The highest BCUT2D eigenvalue weighted by molar-refractivity contribution is 5.77. The lowest BCUT2D eigenvalue weighted by atomic mass is 10.0. The third kappa shape index (κ3) is 3.00. The summed E-state index contributed by atoms with van der Waals surface area (Å²) in [7, 11) is 4.11. The van der Waals surface area contributed by atoms with Crippen molar-refractivity contribution in [2.45, 2.75) is 32.7 Å². The predicted molar refractivity (Wildman–Crippen MR) is 81.7 cm³/mol. The maximum absolute atomic E-state index is 8.98. The first-order valence-corrected chi connectivity index (χ1v) is 7.03. The molecule has 20 heavy (non-hydrogen) atoms. The topological polar surface area (TPSA) is 44.9 Å². The molecular formula is C16H22N4. The lowest BCUT2D eigenvalue weighted by Crippen LogP contribution is -2.19. The summed E-state index contributed by atoms with van der Waals surface area (Å²) in [5, 5.41) is 8.98. The minimum Gasteiger partial charge on any atom is -0.326 e. The quantitative estimate of drug-likeness (QED) is 0.839. The van der Waals surface area contributed by atoms with Crippen molar-refractivity contribution in [3.8, 4) is 6.07 Å². The van der Waals surface area contributed by atoms with Gasteiger partial charge in [0.25, 0.3) is 0 Å². The predicted octanol–water partition coefficient (Wildman–Crippen LogP) is 2.79. The Kier molecular flexibility index (Phi) is 4.41. The molecule has 0 radical (unpaired) electrons. The first kappa shape index (κ1) is 14.5. The molecule has 0 N–H and O–H groups in total. The van der Waals surface area contributed by atoms with E-state index < -0.39 is 0 Å². The van der Waals surface area contributed by atoms with E-state index in [1.807, 2.05) is 0 Å². The third-order valence-corrected chi connectivity index (χ3v) is 3.53. The van der Waals surface area contributed by atoms with Crippen LogP contribution in [0.25, 0.3) is 11.0 Å². The number of benzene rings is 1. The second-order valence-electron chi connectivity index (χ2n) is 5.72. The average molecular weight is 270 g/mol. The smallest absolute Gasteiger partial charge is 0.124 e. The fraction of sp³-hybridized carbons (Fsp3) is 0.500. The molecule has 2 rings (SSSR count). The molecule has 1 aromatic heterocycles. The summed E-state index contributed by atoms with van der Waals surface area (Å²) in [6, 6.07) is 8.66. The average Bonchev–Trinajstić information content (AvgIpc) is 2.73. The molecule has 0 spiro atoms. The molecule has 0 amide bonds. The van der Waals surface area contributed by atoms with Crippen molar-refractivity contribution in [1.82, 2.24) is 14.5 Å². The van der Waals surface area contributed by atoms with Crippen molar-refractivity contribution in [3.05, 3.63) is 29.6 Å². The van der Waals surface area contributed by atoms with Gasteiger partial charge in [-0.3, -0.25) is 0 Å². The summed E-state index contributed by atoms with van der Waals surface area (Å²) >= 11 is 0. The van der Waals surface area contributed by atoms with Gasteiger partial charge in [0.1, 0.15) is 5.82 Å². The lowest BCUT2D eigenvalue weighted by molar-refractivity contribution is 0.384.